The van der Waals surface area contributed by atoms with Crippen LogP contribution in [0.1, 0.15) is 44.0 Å². The summed E-state index contributed by atoms with van der Waals surface area (Å²) in [5, 5.41) is 9.86. The molecule has 1 N–H and O–H groups in total. The number of fused-ring (bicyclic) bond motifs is 1. The van der Waals surface area contributed by atoms with Crippen molar-refractivity contribution in [1.82, 2.24) is 4.90 Å². The van der Waals surface area contributed by atoms with Crippen LogP contribution in [0.2, 0.25) is 0 Å². The Kier molecular flexibility index (Phi) is 5.03. The third-order valence-corrected chi connectivity index (χ3v) is 6.13. The number of ether oxygens (including phenoxy) is 2. The van der Waals surface area contributed by atoms with Gasteiger partial charge < -0.3 is 19.5 Å². The van der Waals surface area contributed by atoms with Gasteiger partial charge in [0.05, 0.1) is 12.7 Å². The molecular weight excluding hydrogens is 366 g/mol. The number of hydrogen-bond donors (Lipinski definition) is 1. The van der Waals surface area contributed by atoms with E-state index in [9.17, 15) is 9.90 Å². The molecular formula is C24H31NO4. The molecule has 2 aromatic carbocycles. The zero-order valence-electron chi connectivity index (χ0n) is 17.4. The molecule has 4 rings (SSSR count). The van der Waals surface area contributed by atoms with E-state index in [-0.39, 0.29) is 19.4 Å². The van der Waals surface area contributed by atoms with E-state index < -0.39 is 5.60 Å². The molecule has 0 radical (unpaired) electrons. The number of likely N-dealkylation sites (tertiary alicyclic amines) is 1. The molecule has 2 aliphatic rings. The first-order chi connectivity index (χ1) is 13.8. The monoisotopic (exact) mass is 397 g/mol. The fourth-order valence-corrected chi connectivity index (χ4v) is 4.43. The maximum atomic E-state index is 13.1. The summed E-state index contributed by atoms with van der Waals surface area (Å²) in [6.45, 7) is 5.07. The SMILES string of the molecule is COc1cc(C(=O)N2CC[C@]3(c4ccccc4)CC3C2)ccc1OCC(C)(C)O.[HH]. The molecule has 2 atom stereocenters. The Hall–Kier alpha value is -2.53. The second kappa shape index (κ2) is 7.38. The summed E-state index contributed by atoms with van der Waals surface area (Å²) in [5.74, 6) is 1.60. The van der Waals surface area contributed by atoms with E-state index in [0.717, 1.165) is 25.9 Å². The minimum atomic E-state index is -0.942. The Morgan fingerprint density at radius 1 is 1.24 bits per heavy atom. The van der Waals surface area contributed by atoms with Crippen LogP contribution in [-0.4, -0.2) is 48.3 Å². The summed E-state index contributed by atoms with van der Waals surface area (Å²) in [6, 6.07) is 15.9. The molecule has 1 aliphatic heterocycles. The molecule has 29 heavy (non-hydrogen) atoms. The van der Waals surface area contributed by atoms with Gasteiger partial charge in [0.25, 0.3) is 5.91 Å². The van der Waals surface area contributed by atoms with Crippen molar-refractivity contribution < 1.29 is 20.8 Å². The van der Waals surface area contributed by atoms with Gasteiger partial charge in [-0.3, -0.25) is 4.79 Å². The molecule has 5 nitrogen and oxygen atoms in total. The zero-order valence-corrected chi connectivity index (χ0v) is 17.4. The quantitative estimate of drug-likeness (QED) is 0.803. The lowest BCUT2D eigenvalue weighted by Crippen LogP contribution is -2.40. The van der Waals surface area contributed by atoms with Gasteiger partial charge in [-0.2, -0.15) is 0 Å². The Bertz CT molecular complexity index is 896. The lowest BCUT2D eigenvalue weighted by molar-refractivity contribution is 0.0276. The van der Waals surface area contributed by atoms with Crippen LogP contribution in [0.15, 0.2) is 48.5 Å². The minimum Gasteiger partial charge on any atom is -0.493 e. The minimum absolute atomic E-state index is 0. The normalized spacial score (nSPS) is 23.3. The number of aliphatic hydroxyl groups is 1. The van der Waals surface area contributed by atoms with Gasteiger partial charge in [-0.25, -0.2) is 0 Å². The molecule has 1 amide bonds. The predicted molar refractivity (Wildman–Crippen MR) is 114 cm³/mol. The first-order valence-corrected chi connectivity index (χ1v) is 10.2. The molecule has 0 bridgehead atoms. The molecule has 1 unspecified atom stereocenters. The summed E-state index contributed by atoms with van der Waals surface area (Å²) in [5.41, 5.74) is 1.34. The first-order valence-electron chi connectivity index (χ1n) is 10.2. The second-order valence-corrected chi connectivity index (χ2v) is 8.89. The van der Waals surface area contributed by atoms with Crippen LogP contribution >= 0.6 is 0 Å². The standard InChI is InChI=1S/C24H29NO4.H2/c1-23(2,27)16-29-20-10-9-17(13-21(20)28-3)22(26)25-12-11-24(14-19(24)15-25)18-7-5-4-6-8-18;/h4-10,13,19,27H,11-12,14-16H2,1-3H3;1H/t19?,24-;/m1./s1. The lowest BCUT2D eigenvalue weighted by Gasteiger charge is -2.32. The molecule has 1 heterocycles. The van der Waals surface area contributed by atoms with E-state index in [4.69, 9.17) is 9.47 Å². The van der Waals surface area contributed by atoms with E-state index >= 15 is 0 Å². The molecule has 1 saturated carbocycles. The van der Waals surface area contributed by atoms with Crippen molar-refractivity contribution in [2.45, 2.75) is 37.7 Å². The average Bonchev–Trinajstić information content (AvgIpc) is 3.46. The van der Waals surface area contributed by atoms with E-state index in [1.54, 1.807) is 39.2 Å². The summed E-state index contributed by atoms with van der Waals surface area (Å²) < 4.78 is 11.1. The summed E-state index contributed by atoms with van der Waals surface area (Å²) in [6.07, 6.45) is 2.17. The summed E-state index contributed by atoms with van der Waals surface area (Å²) in [7, 11) is 1.56. The molecule has 2 fully saturated rings. The zero-order chi connectivity index (χ0) is 20.6. The van der Waals surface area contributed by atoms with Crippen LogP contribution < -0.4 is 9.47 Å². The van der Waals surface area contributed by atoms with Crippen LogP contribution in [0.5, 0.6) is 11.5 Å². The Labute approximate surface area is 173 Å². The number of piperidine rings is 1. The van der Waals surface area contributed by atoms with Gasteiger partial charge in [0, 0.05) is 25.5 Å². The van der Waals surface area contributed by atoms with Gasteiger partial charge in [-0.05, 0) is 56.4 Å². The number of methoxy groups -OCH3 is 1. The van der Waals surface area contributed by atoms with Crippen molar-refractivity contribution in [2.75, 3.05) is 26.8 Å². The Morgan fingerprint density at radius 3 is 2.66 bits per heavy atom. The lowest BCUT2D eigenvalue weighted by atomic mass is 9.87. The van der Waals surface area contributed by atoms with Crippen molar-refractivity contribution in [3.05, 3.63) is 59.7 Å². The van der Waals surface area contributed by atoms with Crippen LogP contribution in [0, 0.1) is 5.92 Å². The maximum Gasteiger partial charge on any atom is 0.254 e. The van der Waals surface area contributed by atoms with Crippen molar-refractivity contribution >= 4 is 5.91 Å². The largest absolute Gasteiger partial charge is 0.493 e. The van der Waals surface area contributed by atoms with Gasteiger partial charge in [-0.15, -0.1) is 0 Å². The van der Waals surface area contributed by atoms with Crippen LogP contribution in [-0.2, 0) is 5.41 Å². The number of nitrogens with zero attached hydrogens (tertiary/aromatic N) is 1. The Balaban J connectivity index is 0.00000256. The van der Waals surface area contributed by atoms with Gasteiger partial charge in [0.2, 0.25) is 0 Å². The topological polar surface area (TPSA) is 59.0 Å². The number of carbonyl (C=O) groups excluding carboxylic acids is 1. The predicted octanol–water partition coefficient (Wildman–Crippen LogP) is 3.89. The highest BCUT2D eigenvalue weighted by Gasteiger charge is 2.57. The fourth-order valence-electron chi connectivity index (χ4n) is 4.43. The number of benzene rings is 2. The molecule has 1 aliphatic carbocycles. The van der Waals surface area contributed by atoms with Crippen molar-refractivity contribution in [2.24, 2.45) is 5.92 Å². The average molecular weight is 398 g/mol. The second-order valence-electron chi connectivity index (χ2n) is 8.89. The third kappa shape index (κ3) is 3.97. The summed E-state index contributed by atoms with van der Waals surface area (Å²) >= 11 is 0. The molecule has 0 aromatic heterocycles. The molecule has 1 saturated heterocycles. The molecule has 0 spiro atoms. The molecule has 156 valence electrons. The van der Waals surface area contributed by atoms with E-state index in [2.05, 4.69) is 30.3 Å². The first kappa shape index (κ1) is 19.8. The highest BCUT2D eigenvalue weighted by molar-refractivity contribution is 5.95. The van der Waals surface area contributed by atoms with Gasteiger partial charge >= 0.3 is 0 Å². The maximum absolute atomic E-state index is 13.1. The number of hydrogen-bond acceptors (Lipinski definition) is 4. The van der Waals surface area contributed by atoms with Crippen molar-refractivity contribution in [3.63, 3.8) is 0 Å². The van der Waals surface area contributed by atoms with Crippen molar-refractivity contribution in [1.29, 1.82) is 0 Å². The number of amides is 1. The van der Waals surface area contributed by atoms with E-state index in [1.165, 1.54) is 5.56 Å². The van der Waals surface area contributed by atoms with Crippen LogP contribution in [0.3, 0.4) is 0 Å². The van der Waals surface area contributed by atoms with Gasteiger partial charge in [0.1, 0.15) is 6.61 Å². The van der Waals surface area contributed by atoms with Crippen LogP contribution in [0.25, 0.3) is 0 Å². The smallest absolute Gasteiger partial charge is 0.254 e. The fraction of sp³-hybridized carbons (Fsp3) is 0.458. The highest BCUT2D eigenvalue weighted by atomic mass is 16.5. The van der Waals surface area contributed by atoms with Crippen molar-refractivity contribution in [3.8, 4) is 11.5 Å². The van der Waals surface area contributed by atoms with E-state index in [0.29, 0.717) is 23.0 Å². The number of rotatable bonds is 6. The van der Waals surface area contributed by atoms with E-state index in [1.807, 2.05) is 4.90 Å². The summed E-state index contributed by atoms with van der Waals surface area (Å²) in [4.78, 5) is 15.1. The van der Waals surface area contributed by atoms with Gasteiger partial charge in [-0.1, -0.05) is 30.3 Å². The highest BCUT2D eigenvalue weighted by Crippen LogP contribution is 2.59. The van der Waals surface area contributed by atoms with Crippen LogP contribution in [0.4, 0.5) is 0 Å². The molecule has 5 heteroatoms. The number of carbonyl (C=O) groups is 1. The Morgan fingerprint density at radius 2 is 2.00 bits per heavy atom. The van der Waals surface area contributed by atoms with Gasteiger partial charge in [0.15, 0.2) is 11.5 Å². The molecule has 2 aromatic rings. The third-order valence-electron chi connectivity index (χ3n) is 6.13.